The van der Waals surface area contributed by atoms with Gasteiger partial charge in [0, 0.05) is 18.3 Å². The van der Waals surface area contributed by atoms with E-state index in [9.17, 15) is 4.79 Å². The van der Waals surface area contributed by atoms with E-state index < -0.39 is 0 Å². The predicted octanol–water partition coefficient (Wildman–Crippen LogP) is 1.63. The van der Waals surface area contributed by atoms with Gasteiger partial charge >= 0.3 is 0 Å². The number of nitrogens with two attached hydrogens (primary N) is 1. The van der Waals surface area contributed by atoms with Gasteiger partial charge < -0.3 is 11.1 Å². The van der Waals surface area contributed by atoms with Gasteiger partial charge in [0.1, 0.15) is 0 Å². The smallest absolute Gasteiger partial charge is 0.224 e. The number of hydrogen-bond donors (Lipinski definition) is 2. The second-order valence-electron chi connectivity index (χ2n) is 3.94. The molecule has 5 heteroatoms. The number of hydrogen-bond acceptors (Lipinski definition) is 4. The second kappa shape index (κ2) is 6.16. The quantitative estimate of drug-likeness (QED) is 0.859. The molecular formula is C13H15N3OS. The fourth-order valence-electron chi connectivity index (χ4n) is 1.61. The van der Waals surface area contributed by atoms with Crippen LogP contribution in [-0.4, -0.2) is 17.4 Å². The molecule has 1 aromatic carbocycles. The predicted molar refractivity (Wildman–Crippen MR) is 73.4 cm³/mol. The van der Waals surface area contributed by atoms with Gasteiger partial charge in [0.2, 0.25) is 5.91 Å². The van der Waals surface area contributed by atoms with Crippen LogP contribution >= 0.6 is 11.3 Å². The zero-order valence-electron chi connectivity index (χ0n) is 9.93. The number of thiazole rings is 1. The van der Waals surface area contributed by atoms with Crippen LogP contribution in [0.5, 0.6) is 0 Å². The summed E-state index contributed by atoms with van der Waals surface area (Å²) in [6.45, 7) is 0.592. The summed E-state index contributed by atoms with van der Waals surface area (Å²) in [7, 11) is 0. The van der Waals surface area contributed by atoms with E-state index in [2.05, 4.69) is 10.3 Å². The van der Waals surface area contributed by atoms with E-state index in [1.165, 1.54) is 11.3 Å². The van der Waals surface area contributed by atoms with Gasteiger partial charge in [-0.1, -0.05) is 30.3 Å². The molecule has 0 aliphatic heterocycles. The van der Waals surface area contributed by atoms with E-state index in [0.717, 1.165) is 11.3 Å². The standard InChI is InChI=1S/C13H15N3OS/c14-13-16-11(9-18-13)6-7-15-12(17)8-10-4-2-1-3-5-10/h1-5,9H,6-8H2,(H2,14,16)(H,15,17). The molecule has 0 spiro atoms. The van der Waals surface area contributed by atoms with Gasteiger partial charge in [-0.3, -0.25) is 4.79 Å². The summed E-state index contributed by atoms with van der Waals surface area (Å²) < 4.78 is 0. The number of rotatable bonds is 5. The Morgan fingerprint density at radius 1 is 1.33 bits per heavy atom. The van der Waals surface area contributed by atoms with E-state index in [0.29, 0.717) is 24.5 Å². The highest BCUT2D eigenvalue weighted by atomic mass is 32.1. The molecule has 1 amide bonds. The second-order valence-corrected chi connectivity index (χ2v) is 4.83. The molecule has 0 unspecified atom stereocenters. The van der Waals surface area contributed by atoms with Crippen LogP contribution in [-0.2, 0) is 17.6 Å². The van der Waals surface area contributed by atoms with Gasteiger partial charge in [0.15, 0.2) is 5.13 Å². The zero-order chi connectivity index (χ0) is 12.8. The number of aromatic nitrogens is 1. The fourth-order valence-corrected chi connectivity index (χ4v) is 2.21. The summed E-state index contributed by atoms with van der Waals surface area (Å²) >= 11 is 1.42. The summed E-state index contributed by atoms with van der Waals surface area (Å²) in [4.78, 5) is 15.8. The molecular weight excluding hydrogens is 246 g/mol. The van der Waals surface area contributed by atoms with Gasteiger partial charge in [-0.25, -0.2) is 4.98 Å². The minimum atomic E-state index is 0.0319. The van der Waals surface area contributed by atoms with Crippen molar-refractivity contribution < 1.29 is 4.79 Å². The molecule has 0 radical (unpaired) electrons. The first kappa shape index (κ1) is 12.6. The van der Waals surface area contributed by atoms with E-state index in [-0.39, 0.29) is 5.91 Å². The maximum absolute atomic E-state index is 11.7. The fraction of sp³-hybridized carbons (Fsp3) is 0.231. The number of nitrogens with one attached hydrogen (secondary N) is 1. The molecule has 2 aromatic rings. The van der Waals surface area contributed by atoms with Crippen molar-refractivity contribution in [3.8, 4) is 0 Å². The number of anilines is 1. The number of nitrogen functional groups attached to an aromatic ring is 1. The largest absolute Gasteiger partial charge is 0.375 e. The maximum atomic E-state index is 11.7. The van der Waals surface area contributed by atoms with Crippen molar-refractivity contribution in [2.45, 2.75) is 12.8 Å². The van der Waals surface area contributed by atoms with Gasteiger partial charge in [0.05, 0.1) is 12.1 Å². The van der Waals surface area contributed by atoms with Crippen molar-refractivity contribution in [2.75, 3.05) is 12.3 Å². The summed E-state index contributed by atoms with van der Waals surface area (Å²) in [6.07, 6.45) is 1.13. The molecule has 0 saturated carbocycles. The van der Waals surface area contributed by atoms with Crippen molar-refractivity contribution in [3.05, 3.63) is 47.0 Å². The third-order valence-electron chi connectivity index (χ3n) is 2.48. The van der Waals surface area contributed by atoms with Gasteiger partial charge in [-0.15, -0.1) is 11.3 Å². The number of carbonyl (C=O) groups excluding carboxylic acids is 1. The average Bonchev–Trinajstić information content (AvgIpc) is 2.76. The molecule has 0 saturated heterocycles. The minimum Gasteiger partial charge on any atom is -0.375 e. The zero-order valence-corrected chi connectivity index (χ0v) is 10.7. The molecule has 0 fully saturated rings. The van der Waals surface area contributed by atoms with Crippen LogP contribution in [0.25, 0.3) is 0 Å². The molecule has 1 aromatic heterocycles. The third-order valence-corrected chi connectivity index (χ3v) is 3.20. The monoisotopic (exact) mass is 261 g/mol. The lowest BCUT2D eigenvalue weighted by Crippen LogP contribution is -2.27. The molecule has 0 aliphatic rings. The molecule has 1 heterocycles. The first-order valence-corrected chi connectivity index (χ1v) is 6.62. The van der Waals surface area contributed by atoms with Crippen LogP contribution in [0.3, 0.4) is 0 Å². The lowest BCUT2D eigenvalue weighted by molar-refractivity contribution is -0.120. The third kappa shape index (κ3) is 3.85. The molecule has 3 N–H and O–H groups in total. The van der Waals surface area contributed by atoms with Crippen molar-refractivity contribution in [2.24, 2.45) is 0 Å². The topological polar surface area (TPSA) is 68.0 Å². The molecule has 94 valence electrons. The van der Waals surface area contributed by atoms with Gasteiger partial charge in [-0.2, -0.15) is 0 Å². The molecule has 0 aliphatic carbocycles. The van der Waals surface area contributed by atoms with Crippen molar-refractivity contribution in [3.63, 3.8) is 0 Å². The van der Waals surface area contributed by atoms with Crippen molar-refractivity contribution in [1.29, 1.82) is 0 Å². The van der Waals surface area contributed by atoms with Crippen LogP contribution in [0.2, 0.25) is 0 Å². The van der Waals surface area contributed by atoms with Gasteiger partial charge in [-0.05, 0) is 5.56 Å². The molecule has 0 atom stereocenters. The Bertz CT molecular complexity index is 510. The number of amides is 1. The van der Waals surface area contributed by atoms with E-state index >= 15 is 0 Å². The Morgan fingerprint density at radius 2 is 2.11 bits per heavy atom. The van der Waals surface area contributed by atoms with Crippen LogP contribution in [0.15, 0.2) is 35.7 Å². The lowest BCUT2D eigenvalue weighted by atomic mass is 10.1. The SMILES string of the molecule is Nc1nc(CCNC(=O)Cc2ccccc2)cs1. The summed E-state index contributed by atoms with van der Waals surface area (Å²) in [5, 5.41) is 5.36. The Morgan fingerprint density at radius 3 is 2.78 bits per heavy atom. The Hall–Kier alpha value is -1.88. The maximum Gasteiger partial charge on any atom is 0.224 e. The average molecular weight is 261 g/mol. The molecule has 2 rings (SSSR count). The van der Waals surface area contributed by atoms with Crippen LogP contribution in [0.1, 0.15) is 11.3 Å². The number of benzene rings is 1. The van der Waals surface area contributed by atoms with Crippen LogP contribution in [0.4, 0.5) is 5.13 Å². The van der Waals surface area contributed by atoms with Crippen LogP contribution < -0.4 is 11.1 Å². The number of carbonyl (C=O) groups is 1. The van der Waals surface area contributed by atoms with Crippen LogP contribution in [0, 0.1) is 0 Å². The normalized spacial score (nSPS) is 10.2. The summed E-state index contributed by atoms with van der Waals surface area (Å²) in [5.74, 6) is 0.0319. The molecule has 18 heavy (non-hydrogen) atoms. The Labute approximate surface area is 110 Å². The lowest BCUT2D eigenvalue weighted by Gasteiger charge is -2.04. The molecule has 0 bridgehead atoms. The van der Waals surface area contributed by atoms with Gasteiger partial charge in [0.25, 0.3) is 0 Å². The van der Waals surface area contributed by atoms with Crippen molar-refractivity contribution in [1.82, 2.24) is 10.3 Å². The highest BCUT2D eigenvalue weighted by Gasteiger charge is 2.03. The highest BCUT2D eigenvalue weighted by molar-refractivity contribution is 7.13. The Kier molecular flexibility index (Phi) is 4.30. The number of nitrogens with zero attached hydrogens (tertiary/aromatic N) is 1. The first-order valence-electron chi connectivity index (χ1n) is 5.74. The Balaban J connectivity index is 1.72. The highest BCUT2D eigenvalue weighted by Crippen LogP contribution is 2.10. The minimum absolute atomic E-state index is 0.0319. The summed E-state index contributed by atoms with van der Waals surface area (Å²) in [6, 6.07) is 9.69. The van der Waals surface area contributed by atoms with Crippen molar-refractivity contribution >= 4 is 22.4 Å². The first-order chi connectivity index (χ1) is 8.74. The van der Waals surface area contributed by atoms with E-state index in [4.69, 9.17) is 5.73 Å². The van der Waals surface area contributed by atoms with E-state index in [1.807, 2.05) is 35.7 Å². The summed E-state index contributed by atoms with van der Waals surface area (Å²) in [5.41, 5.74) is 7.48. The van der Waals surface area contributed by atoms with E-state index in [1.54, 1.807) is 0 Å². The molecule has 4 nitrogen and oxygen atoms in total.